The highest BCUT2D eigenvalue weighted by Gasteiger charge is 2.19. The molecule has 1 unspecified atom stereocenters. The standard InChI is InChI=1S/C14H15F2N3O/c1-20-12-6-2-4-9(13(12)16)8-11(19-17)14-10(15)5-3-7-18-14/h2-7,11,19H,8,17H2,1H3. The number of hydrogen-bond donors (Lipinski definition) is 2. The Balaban J connectivity index is 2.30. The fraction of sp³-hybridized carbons (Fsp3) is 0.214. The summed E-state index contributed by atoms with van der Waals surface area (Å²) in [5, 5.41) is 0. The molecule has 0 amide bonds. The van der Waals surface area contributed by atoms with Crippen LogP contribution in [0.1, 0.15) is 17.3 Å². The Morgan fingerprint density at radius 2 is 2.10 bits per heavy atom. The molecule has 6 heteroatoms. The molecule has 1 aromatic carbocycles. The van der Waals surface area contributed by atoms with Gasteiger partial charge in [-0.05, 0) is 30.2 Å². The molecular weight excluding hydrogens is 264 g/mol. The minimum absolute atomic E-state index is 0.139. The molecule has 0 aliphatic carbocycles. The van der Waals surface area contributed by atoms with Crippen LogP contribution in [0.2, 0.25) is 0 Å². The molecule has 106 valence electrons. The number of benzene rings is 1. The Bertz CT molecular complexity index is 592. The number of nitrogens with one attached hydrogen (secondary N) is 1. The fourth-order valence-electron chi connectivity index (χ4n) is 1.98. The molecule has 0 aliphatic rings. The number of hydrogen-bond acceptors (Lipinski definition) is 4. The second-order valence-electron chi connectivity index (χ2n) is 4.23. The first-order valence-electron chi connectivity index (χ1n) is 6.05. The largest absolute Gasteiger partial charge is 0.494 e. The van der Waals surface area contributed by atoms with Gasteiger partial charge in [-0.2, -0.15) is 0 Å². The van der Waals surface area contributed by atoms with Crippen LogP contribution >= 0.6 is 0 Å². The zero-order valence-corrected chi connectivity index (χ0v) is 10.9. The second kappa shape index (κ2) is 6.40. The molecule has 2 aromatic rings. The van der Waals surface area contributed by atoms with Crippen molar-refractivity contribution in [1.29, 1.82) is 0 Å². The van der Waals surface area contributed by atoms with Crippen LogP contribution in [0.25, 0.3) is 0 Å². The van der Waals surface area contributed by atoms with Gasteiger partial charge in [-0.15, -0.1) is 0 Å². The van der Waals surface area contributed by atoms with Crippen LogP contribution in [-0.2, 0) is 6.42 Å². The molecule has 0 fully saturated rings. The molecule has 20 heavy (non-hydrogen) atoms. The summed E-state index contributed by atoms with van der Waals surface area (Å²) in [6.45, 7) is 0. The molecular formula is C14H15F2N3O. The van der Waals surface area contributed by atoms with Crippen LogP contribution < -0.4 is 16.0 Å². The van der Waals surface area contributed by atoms with Gasteiger partial charge in [0.1, 0.15) is 5.82 Å². The van der Waals surface area contributed by atoms with Crippen LogP contribution in [0, 0.1) is 11.6 Å². The predicted octanol–water partition coefficient (Wildman–Crippen LogP) is 2.12. The van der Waals surface area contributed by atoms with Crippen molar-refractivity contribution in [2.45, 2.75) is 12.5 Å². The molecule has 0 bridgehead atoms. The third-order valence-electron chi connectivity index (χ3n) is 3.01. The summed E-state index contributed by atoms with van der Waals surface area (Å²) in [5.41, 5.74) is 2.99. The van der Waals surface area contributed by atoms with Crippen molar-refractivity contribution in [1.82, 2.24) is 10.4 Å². The SMILES string of the molecule is COc1cccc(CC(NN)c2ncccc2F)c1F. The molecule has 1 atom stereocenters. The van der Waals surface area contributed by atoms with Gasteiger partial charge >= 0.3 is 0 Å². The number of rotatable bonds is 5. The summed E-state index contributed by atoms with van der Waals surface area (Å²) >= 11 is 0. The third-order valence-corrected chi connectivity index (χ3v) is 3.01. The van der Waals surface area contributed by atoms with Gasteiger partial charge in [0, 0.05) is 6.20 Å². The van der Waals surface area contributed by atoms with Gasteiger partial charge < -0.3 is 4.74 Å². The summed E-state index contributed by atoms with van der Waals surface area (Å²) in [6, 6.07) is 6.93. The number of nitrogens with two attached hydrogens (primary N) is 1. The Labute approximate surface area is 115 Å². The maximum atomic E-state index is 14.1. The van der Waals surface area contributed by atoms with Crippen LogP contribution in [-0.4, -0.2) is 12.1 Å². The maximum absolute atomic E-state index is 14.1. The van der Waals surface area contributed by atoms with E-state index in [1.807, 2.05) is 0 Å². The Morgan fingerprint density at radius 1 is 1.30 bits per heavy atom. The maximum Gasteiger partial charge on any atom is 0.168 e. The number of hydrazine groups is 1. The van der Waals surface area contributed by atoms with Gasteiger partial charge in [-0.25, -0.2) is 8.78 Å². The van der Waals surface area contributed by atoms with E-state index in [0.717, 1.165) is 0 Å². The second-order valence-corrected chi connectivity index (χ2v) is 4.23. The lowest BCUT2D eigenvalue weighted by molar-refractivity contribution is 0.382. The Morgan fingerprint density at radius 3 is 2.75 bits per heavy atom. The number of halogens is 2. The molecule has 0 saturated carbocycles. The number of pyridine rings is 1. The van der Waals surface area contributed by atoms with E-state index in [4.69, 9.17) is 10.6 Å². The number of methoxy groups -OCH3 is 1. The molecule has 0 radical (unpaired) electrons. The van der Waals surface area contributed by atoms with Crippen LogP contribution in [0.4, 0.5) is 8.78 Å². The molecule has 2 rings (SSSR count). The van der Waals surface area contributed by atoms with Crippen molar-refractivity contribution in [2.24, 2.45) is 5.84 Å². The summed E-state index contributed by atoms with van der Waals surface area (Å²) in [5.74, 6) is 4.60. The average Bonchev–Trinajstić information content (AvgIpc) is 2.47. The topological polar surface area (TPSA) is 60.2 Å². The van der Waals surface area contributed by atoms with E-state index in [1.54, 1.807) is 12.1 Å². The van der Waals surface area contributed by atoms with Crippen LogP contribution in [0.5, 0.6) is 5.75 Å². The van der Waals surface area contributed by atoms with E-state index in [1.165, 1.54) is 31.5 Å². The lowest BCUT2D eigenvalue weighted by Crippen LogP contribution is -2.31. The summed E-state index contributed by atoms with van der Waals surface area (Å²) in [4.78, 5) is 3.95. The normalized spacial score (nSPS) is 12.2. The van der Waals surface area contributed by atoms with E-state index < -0.39 is 17.7 Å². The monoisotopic (exact) mass is 279 g/mol. The number of ether oxygens (including phenoxy) is 1. The van der Waals surface area contributed by atoms with Crippen molar-refractivity contribution in [3.8, 4) is 5.75 Å². The minimum atomic E-state index is -0.627. The van der Waals surface area contributed by atoms with Crippen molar-refractivity contribution >= 4 is 0 Å². The highest BCUT2D eigenvalue weighted by atomic mass is 19.1. The van der Waals surface area contributed by atoms with Gasteiger partial charge in [0.2, 0.25) is 0 Å². The Kier molecular flexibility index (Phi) is 4.60. The molecule has 0 saturated heterocycles. The fourth-order valence-corrected chi connectivity index (χ4v) is 1.98. The third kappa shape index (κ3) is 2.92. The zero-order valence-electron chi connectivity index (χ0n) is 10.9. The zero-order chi connectivity index (χ0) is 14.5. The Hall–Kier alpha value is -2.05. The van der Waals surface area contributed by atoms with E-state index in [0.29, 0.717) is 5.56 Å². The molecule has 3 N–H and O–H groups in total. The lowest BCUT2D eigenvalue weighted by atomic mass is 10.0. The van der Waals surface area contributed by atoms with Gasteiger partial charge in [-0.1, -0.05) is 12.1 Å². The van der Waals surface area contributed by atoms with Gasteiger partial charge in [0.15, 0.2) is 11.6 Å². The summed E-state index contributed by atoms with van der Waals surface area (Å²) < 4.78 is 32.7. The highest BCUT2D eigenvalue weighted by Crippen LogP contribution is 2.25. The average molecular weight is 279 g/mol. The minimum Gasteiger partial charge on any atom is -0.494 e. The molecule has 0 aliphatic heterocycles. The predicted molar refractivity (Wildman–Crippen MR) is 70.9 cm³/mol. The van der Waals surface area contributed by atoms with Crippen LogP contribution in [0.15, 0.2) is 36.5 Å². The van der Waals surface area contributed by atoms with Crippen molar-refractivity contribution < 1.29 is 13.5 Å². The lowest BCUT2D eigenvalue weighted by Gasteiger charge is -2.17. The van der Waals surface area contributed by atoms with Crippen molar-refractivity contribution in [2.75, 3.05) is 7.11 Å². The van der Waals surface area contributed by atoms with Gasteiger partial charge in [0.25, 0.3) is 0 Å². The van der Waals surface area contributed by atoms with E-state index >= 15 is 0 Å². The number of nitrogens with zero attached hydrogens (tertiary/aromatic N) is 1. The first kappa shape index (κ1) is 14.4. The van der Waals surface area contributed by atoms with Crippen molar-refractivity contribution in [3.05, 3.63) is 59.4 Å². The quantitative estimate of drug-likeness (QED) is 0.650. The number of aromatic nitrogens is 1. The van der Waals surface area contributed by atoms with Crippen LogP contribution in [0.3, 0.4) is 0 Å². The molecule has 0 spiro atoms. The first-order valence-corrected chi connectivity index (χ1v) is 6.05. The molecule has 1 aromatic heterocycles. The van der Waals surface area contributed by atoms with E-state index in [-0.39, 0.29) is 17.9 Å². The van der Waals surface area contributed by atoms with Gasteiger partial charge in [-0.3, -0.25) is 16.3 Å². The summed E-state index contributed by atoms with van der Waals surface area (Å²) in [7, 11) is 1.39. The first-order chi connectivity index (χ1) is 9.67. The van der Waals surface area contributed by atoms with E-state index in [2.05, 4.69) is 10.4 Å². The van der Waals surface area contributed by atoms with Gasteiger partial charge in [0.05, 0.1) is 18.8 Å². The van der Waals surface area contributed by atoms with Crippen molar-refractivity contribution in [3.63, 3.8) is 0 Å². The smallest absolute Gasteiger partial charge is 0.168 e. The van der Waals surface area contributed by atoms with E-state index in [9.17, 15) is 8.78 Å². The molecule has 1 heterocycles. The highest BCUT2D eigenvalue weighted by molar-refractivity contribution is 5.32. The molecule has 4 nitrogen and oxygen atoms in total. The summed E-state index contributed by atoms with van der Waals surface area (Å²) in [6.07, 6.45) is 1.62.